The number of benzene rings is 1. The molecule has 2 aliphatic rings. The molecule has 4 rings (SSSR count). The minimum Gasteiger partial charge on any atom is -0.320 e. The SMILES string of the molecule is [C-]#[N+]C1=C[C@]2(c3ccccc3)C(=O)N(c3nccn3C)CC=C2C(C)(C)C1=O. The molecule has 1 aliphatic heterocycles. The normalized spacial score (nSPS) is 23.6. The van der Waals surface area contributed by atoms with Crippen LogP contribution >= 0.6 is 0 Å². The Morgan fingerprint density at radius 2 is 1.89 bits per heavy atom. The average Bonchev–Trinajstić information content (AvgIpc) is 3.12. The van der Waals surface area contributed by atoms with Gasteiger partial charge >= 0.3 is 0 Å². The zero-order valence-electron chi connectivity index (χ0n) is 16.0. The molecule has 0 unspecified atom stereocenters. The van der Waals surface area contributed by atoms with Crippen LogP contribution in [0.25, 0.3) is 4.85 Å². The van der Waals surface area contributed by atoms with Crippen molar-refractivity contribution in [2.75, 3.05) is 11.4 Å². The Labute approximate surface area is 163 Å². The minimum absolute atomic E-state index is 0.000966. The quantitative estimate of drug-likeness (QED) is 0.601. The number of nitrogens with zero attached hydrogens (tertiary/aromatic N) is 4. The molecule has 2 heterocycles. The Morgan fingerprint density at radius 1 is 1.18 bits per heavy atom. The molecule has 0 radical (unpaired) electrons. The summed E-state index contributed by atoms with van der Waals surface area (Å²) < 4.78 is 1.79. The summed E-state index contributed by atoms with van der Waals surface area (Å²) in [6.07, 6.45) is 6.92. The van der Waals surface area contributed by atoms with Crippen LogP contribution in [0, 0.1) is 12.0 Å². The maximum atomic E-state index is 14.0. The summed E-state index contributed by atoms with van der Waals surface area (Å²) in [6.45, 7) is 11.4. The maximum absolute atomic E-state index is 14.0. The van der Waals surface area contributed by atoms with Crippen LogP contribution in [0.5, 0.6) is 0 Å². The monoisotopic (exact) mass is 372 g/mol. The van der Waals surface area contributed by atoms with Crippen LogP contribution in [0.1, 0.15) is 19.4 Å². The van der Waals surface area contributed by atoms with Gasteiger partial charge in [0.2, 0.25) is 17.6 Å². The van der Waals surface area contributed by atoms with Crippen molar-refractivity contribution in [1.29, 1.82) is 0 Å². The summed E-state index contributed by atoms with van der Waals surface area (Å²) >= 11 is 0. The van der Waals surface area contributed by atoms with Crippen LogP contribution in [0.15, 0.2) is 66.1 Å². The van der Waals surface area contributed by atoms with Gasteiger partial charge in [-0.25, -0.2) is 9.83 Å². The summed E-state index contributed by atoms with van der Waals surface area (Å²) in [5.74, 6) is 0.0776. The number of hydrogen-bond acceptors (Lipinski definition) is 3. The molecule has 2 aromatic rings. The Bertz CT molecular complexity index is 1090. The first-order valence-electron chi connectivity index (χ1n) is 9.05. The van der Waals surface area contributed by atoms with Crippen molar-refractivity contribution >= 4 is 17.6 Å². The van der Waals surface area contributed by atoms with Gasteiger partial charge in [-0.2, -0.15) is 0 Å². The molecule has 1 amide bonds. The Balaban J connectivity index is 2.05. The molecule has 0 saturated heterocycles. The van der Waals surface area contributed by atoms with E-state index in [0.717, 1.165) is 11.1 Å². The lowest BCUT2D eigenvalue weighted by molar-refractivity contribution is -0.125. The number of imidazole rings is 1. The van der Waals surface area contributed by atoms with Gasteiger partial charge in [-0.1, -0.05) is 56.3 Å². The molecule has 6 nitrogen and oxygen atoms in total. The largest absolute Gasteiger partial charge is 0.320 e. The molecular weight excluding hydrogens is 352 g/mol. The molecule has 1 aromatic carbocycles. The Kier molecular flexibility index (Phi) is 3.86. The van der Waals surface area contributed by atoms with Gasteiger partial charge in [0.15, 0.2) is 5.78 Å². The number of fused-ring (bicyclic) bond motifs is 1. The lowest BCUT2D eigenvalue weighted by Crippen LogP contribution is -2.57. The van der Waals surface area contributed by atoms with Crippen LogP contribution in [-0.2, 0) is 22.1 Å². The van der Waals surface area contributed by atoms with Gasteiger partial charge < -0.3 is 9.36 Å². The zero-order chi connectivity index (χ0) is 20.1. The molecule has 28 heavy (non-hydrogen) atoms. The number of rotatable bonds is 2. The lowest BCUT2D eigenvalue weighted by atomic mass is 9.57. The third-order valence-corrected chi connectivity index (χ3v) is 5.70. The lowest BCUT2D eigenvalue weighted by Gasteiger charge is -2.48. The number of carbonyl (C=O) groups is 2. The number of allylic oxidation sites excluding steroid dienone is 1. The molecular formula is C22H20N4O2. The van der Waals surface area contributed by atoms with E-state index in [9.17, 15) is 9.59 Å². The van der Waals surface area contributed by atoms with Crippen molar-refractivity contribution < 1.29 is 9.59 Å². The van der Waals surface area contributed by atoms with E-state index in [1.165, 1.54) is 0 Å². The molecule has 0 N–H and O–H groups in total. The van der Waals surface area contributed by atoms with E-state index in [2.05, 4.69) is 9.83 Å². The third kappa shape index (κ3) is 2.23. The fourth-order valence-corrected chi connectivity index (χ4v) is 4.29. The number of carbonyl (C=O) groups excluding carboxylic acids is 2. The predicted octanol–water partition coefficient (Wildman–Crippen LogP) is 3.04. The van der Waals surface area contributed by atoms with Crippen molar-refractivity contribution in [3.63, 3.8) is 0 Å². The summed E-state index contributed by atoms with van der Waals surface area (Å²) in [5, 5.41) is 0. The van der Waals surface area contributed by atoms with Gasteiger partial charge in [0.25, 0.3) is 0 Å². The molecule has 0 saturated carbocycles. The number of anilines is 1. The highest BCUT2D eigenvalue weighted by atomic mass is 16.2. The van der Waals surface area contributed by atoms with Crippen molar-refractivity contribution in [2.45, 2.75) is 19.3 Å². The Morgan fingerprint density at radius 3 is 2.50 bits per heavy atom. The van der Waals surface area contributed by atoms with Crippen LogP contribution in [-0.4, -0.2) is 27.8 Å². The summed E-state index contributed by atoms with van der Waals surface area (Å²) in [7, 11) is 1.83. The van der Waals surface area contributed by atoms with Crippen LogP contribution in [0.3, 0.4) is 0 Å². The van der Waals surface area contributed by atoms with Gasteiger partial charge in [0.05, 0.1) is 6.57 Å². The fourth-order valence-electron chi connectivity index (χ4n) is 4.29. The molecule has 6 heteroatoms. The van der Waals surface area contributed by atoms with Gasteiger partial charge in [0, 0.05) is 31.4 Å². The second-order valence-electron chi connectivity index (χ2n) is 7.64. The predicted molar refractivity (Wildman–Crippen MR) is 105 cm³/mol. The van der Waals surface area contributed by atoms with Crippen molar-refractivity contribution in [2.24, 2.45) is 12.5 Å². The van der Waals surface area contributed by atoms with E-state index in [-0.39, 0.29) is 17.4 Å². The van der Waals surface area contributed by atoms with Crippen molar-refractivity contribution in [3.8, 4) is 0 Å². The van der Waals surface area contributed by atoms with Gasteiger partial charge in [-0.05, 0) is 11.1 Å². The summed E-state index contributed by atoms with van der Waals surface area (Å²) in [6, 6.07) is 9.36. The third-order valence-electron chi connectivity index (χ3n) is 5.70. The van der Waals surface area contributed by atoms with E-state index in [1.807, 2.05) is 43.5 Å². The van der Waals surface area contributed by atoms with Crippen LogP contribution in [0.2, 0.25) is 0 Å². The van der Waals surface area contributed by atoms with E-state index in [0.29, 0.717) is 12.5 Å². The smallest absolute Gasteiger partial charge is 0.247 e. The number of Topliss-reactive ketones (excluding diaryl/α,β-unsaturated/α-hetero) is 1. The van der Waals surface area contributed by atoms with Crippen LogP contribution in [0.4, 0.5) is 5.95 Å². The van der Waals surface area contributed by atoms with Crippen LogP contribution < -0.4 is 4.90 Å². The second kappa shape index (κ2) is 6.03. The Hall–Kier alpha value is -3.46. The summed E-state index contributed by atoms with van der Waals surface area (Å²) in [4.78, 5) is 36.3. The molecule has 0 bridgehead atoms. The van der Waals surface area contributed by atoms with Crippen molar-refractivity contribution in [1.82, 2.24) is 9.55 Å². The molecule has 140 valence electrons. The fraction of sp³-hybridized carbons (Fsp3) is 0.273. The summed E-state index contributed by atoms with van der Waals surface area (Å²) in [5.41, 5.74) is -0.691. The van der Waals surface area contributed by atoms with E-state index >= 15 is 0 Å². The zero-order valence-corrected chi connectivity index (χ0v) is 16.0. The van der Waals surface area contributed by atoms with Gasteiger partial charge in [0.1, 0.15) is 5.41 Å². The first-order chi connectivity index (χ1) is 13.3. The molecule has 1 atom stereocenters. The van der Waals surface area contributed by atoms with E-state index < -0.39 is 10.8 Å². The molecule has 0 fully saturated rings. The first-order valence-corrected chi connectivity index (χ1v) is 9.05. The molecule has 0 spiro atoms. The van der Waals surface area contributed by atoms with E-state index in [1.54, 1.807) is 41.8 Å². The molecule has 1 aliphatic carbocycles. The number of aryl methyl sites for hydroxylation is 1. The van der Waals surface area contributed by atoms with Crippen molar-refractivity contribution in [3.05, 3.63) is 83.1 Å². The number of hydrogen-bond donors (Lipinski definition) is 0. The highest BCUT2D eigenvalue weighted by Gasteiger charge is 2.57. The number of amides is 1. The van der Waals surface area contributed by atoms with Gasteiger partial charge in [-0.15, -0.1) is 0 Å². The van der Waals surface area contributed by atoms with E-state index in [4.69, 9.17) is 6.57 Å². The average molecular weight is 372 g/mol. The standard InChI is InChI=1S/C22H20N4O2/c1-21(2)17-10-12-26(20-24-11-13-25(20)4)19(28)22(17,14-16(23-3)18(21)27)15-8-6-5-7-9-15/h5-11,13-14H,12H2,1-2,4H3/t22-/m1/s1. The maximum Gasteiger partial charge on any atom is 0.247 e. The molecule has 1 aromatic heterocycles. The topological polar surface area (TPSA) is 59.6 Å². The number of aromatic nitrogens is 2. The second-order valence-corrected chi connectivity index (χ2v) is 7.64. The minimum atomic E-state index is -1.21. The first kappa shape index (κ1) is 17.9. The van der Waals surface area contributed by atoms with Gasteiger partial charge in [-0.3, -0.25) is 9.69 Å². The highest BCUT2D eigenvalue weighted by molar-refractivity contribution is 6.14. The highest BCUT2D eigenvalue weighted by Crippen LogP contribution is 2.52. The number of ketones is 1.